The average molecular weight is 377 g/mol. The molecule has 0 unspecified atom stereocenters. The lowest BCUT2D eigenvalue weighted by molar-refractivity contribution is -0.135. The Balaban J connectivity index is 1.37. The Morgan fingerprint density at radius 3 is 2.54 bits per heavy atom. The van der Waals surface area contributed by atoms with Crippen LogP contribution >= 0.6 is 11.6 Å². The number of para-hydroxylation sites is 1. The van der Waals surface area contributed by atoms with E-state index in [1.807, 2.05) is 18.2 Å². The molecule has 0 bridgehead atoms. The van der Waals surface area contributed by atoms with E-state index in [1.165, 1.54) is 12.8 Å². The maximum Gasteiger partial charge on any atom is 0.240 e. The van der Waals surface area contributed by atoms with Gasteiger partial charge in [-0.1, -0.05) is 23.7 Å². The summed E-state index contributed by atoms with van der Waals surface area (Å²) in [7, 11) is 2.12. The number of nitrogens with zero attached hydrogens (tertiary/aromatic N) is 3. The van der Waals surface area contributed by atoms with E-state index in [0.717, 1.165) is 62.9 Å². The van der Waals surface area contributed by atoms with Gasteiger partial charge < -0.3 is 15.1 Å². The Morgan fingerprint density at radius 1 is 1.15 bits per heavy atom. The zero-order valence-electron chi connectivity index (χ0n) is 15.6. The van der Waals surface area contributed by atoms with Crippen molar-refractivity contribution in [3.63, 3.8) is 0 Å². The molecule has 3 aliphatic heterocycles. The van der Waals surface area contributed by atoms with Crippen molar-refractivity contribution < 1.29 is 4.79 Å². The number of amides is 1. The third kappa shape index (κ3) is 3.45. The van der Waals surface area contributed by atoms with E-state index in [1.54, 1.807) is 0 Å². The third-order valence-corrected chi connectivity index (χ3v) is 6.80. The predicted octanol–water partition coefficient (Wildman–Crippen LogP) is 2.06. The van der Waals surface area contributed by atoms with Crippen LogP contribution in [0.15, 0.2) is 24.3 Å². The molecule has 1 spiro atoms. The maximum absolute atomic E-state index is 13.2. The highest BCUT2D eigenvalue weighted by Gasteiger charge is 2.46. The number of hydrogen-bond acceptors (Lipinski definition) is 4. The van der Waals surface area contributed by atoms with Gasteiger partial charge in [0.1, 0.15) is 0 Å². The number of anilines is 1. The van der Waals surface area contributed by atoms with E-state index in [-0.39, 0.29) is 6.04 Å². The molecule has 142 valence electrons. The van der Waals surface area contributed by atoms with Crippen molar-refractivity contribution in [3.8, 4) is 0 Å². The van der Waals surface area contributed by atoms with Crippen LogP contribution in [0.4, 0.5) is 5.69 Å². The summed E-state index contributed by atoms with van der Waals surface area (Å²) < 4.78 is 0. The van der Waals surface area contributed by atoms with Gasteiger partial charge in [0.05, 0.1) is 16.8 Å². The van der Waals surface area contributed by atoms with Gasteiger partial charge in [-0.15, -0.1) is 0 Å². The fraction of sp³-hybridized carbons (Fsp3) is 0.650. The molecule has 3 aliphatic rings. The van der Waals surface area contributed by atoms with Gasteiger partial charge in [-0.05, 0) is 56.9 Å². The molecule has 4 rings (SSSR count). The van der Waals surface area contributed by atoms with Crippen LogP contribution in [0.25, 0.3) is 0 Å². The fourth-order valence-corrected chi connectivity index (χ4v) is 5.21. The van der Waals surface area contributed by atoms with E-state index >= 15 is 0 Å². The predicted molar refractivity (Wildman–Crippen MR) is 106 cm³/mol. The molecule has 1 atom stereocenters. The second-order valence-corrected chi connectivity index (χ2v) is 8.56. The molecule has 1 amide bonds. The highest BCUT2D eigenvalue weighted by atomic mass is 35.5. The van der Waals surface area contributed by atoms with E-state index in [9.17, 15) is 4.79 Å². The van der Waals surface area contributed by atoms with Gasteiger partial charge in [0.25, 0.3) is 0 Å². The number of carbonyl (C=O) groups excluding carboxylic acids is 1. The first-order chi connectivity index (χ1) is 12.6. The maximum atomic E-state index is 13.2. The Kier molecular flexibility index (Phi) is 5.13. The standard InChI is InChI=1S/C20H29ClN4O/c1-23-15-20(6-8-22-9-7-20)14-18(23)19(26)25-12-10-24(11-13-25)17-5-3-2-4-16(17)21/h2-5,18,22H,6-15H2,1H3/t18-/m1/s1. The van der Waals surface area contributed by atoms with Crippen LogP contribution < -0.4 is 10.2 Å². The summed E-state index contributed by atoms with van der Waals surface area (Å²) in [5.74, 6) is 0.321. The topological polar surface area (TPSA) is 38.8 Å². The molecule has 1 N–H and O–H groups in total. The van der Waals surface area contributed by atoms with Crippen molar-refractivity contribution in [2.75, 3.05) is 57.8 Å². The molecule has 1 aromatic rings. The zero-order valence-corrected chi connectivity index (χ0v) is 16.3. The highest BCUT2D eigenvalue weighted by Crippen LogP contribution is 2.41. The van der Waals surface area contributed by atoms with Gasteiger partial charge in [-0.3, -0.25) is 9.69 Å². The summed E-state index contributed by atoms with van der Waals surface area (Å²) in [5.41, 5.74) is 1.42. The first-order valence-corrected chi connectivity index (χ1v) is 10.2. The lowest BCUT2D eigenvalue weighted by Gasteiger charge is -2.38. The lowest BCUT2D eigenvalue weighted by atomic mass is 9.77. The smallest absolute Gasteiger partial charge is 0.240 e. The number of hydrogen-bond donors (Lipinski definition) is 1. The van der Waals surface area contributed by atoms with E-state index in [2.05, 4.69) is 33.1 Å². The number of likely N-dealkylation sites (tertiary alicyclic amines) is 1. The van der Waals surface area contributed by atoms with Crippen LogP contribution in [0.5, 0.6) is 0 Å². The van der Waals surface area contributed by atoms with Crippen molar-refractivity contribution in [3.05, 3.63) is 29.3 Å². The average Bonchev–Trinajstić information content (AvgIpc) is 2.98. The summed E-state index contributed by atoms with van der Waals surface area (Å²) in [6.45, 7) is 6.50. The van der Waals surface area contributed by atoms with Crippen LogP contribution in [0, 0.1) is 5.41 Å². The van der Waals surface area contributed by atoms with Gasteiger partial charge in [0.15, 0.2) is 0 Å². The monoisotopic (exact) mass is 376 g/mol. The number of carbonyl (C=O) groups is 1. The van der Waals surface area contributed by atoms with Gasteiger partial charge in [0, 0.05) is 32.7 Å². The minimum atomic E-state index is 0.0555. The normalized spacial score (nSPS) is 26.5. The third-order valence-electron chi connectivity index (χ3n) is 6.48. The summed E-state index contributed by atoms with van der Waals surface area (Å²) in [6, 6.07) is 8.02. The minimum absolute atomic E-state index is 0.0555. The number of rotatable bonds is 2. The second kappa shape index (κ2) is 7.37. The Morgan fingerprint density at radius 2 is 1.85 bits per heavy atom. The Bertz CT molecular complexity index is 653. The molecule has 0 saturated carbocycles. The van der Waals surface area contributed by atoms with E-state index < -0.39 is 0 Å². The first kappa shape index (κ1) is 18.1. The van der Waals surface area contributed by atoms with Crippen LogP contribution in [0.2, 0.25) is 5.02 Å². The van der Waals surface area contributed by atoms with Crippen molar-refractivity contribution in [2.45, 2.75) is 25.3 Å². The fourth-order valence-electron chi connectivity index (χ4n) is 4.95. The first-order valence-electron chi connectivity index (χ1n) is 9.77. The number of halogens is 1. The van der Waals surface area contributed by atoms with Crippen molar-refractivity contribution >= 4 is 23.2 Å². The number of nitrogens with one attached hydrogen (secondary N) is 1. The van der Waals surface area contributed by atoms with E-state index in [4.69, 9.17) is 11.6 Å². The Labute approximate surface area is 161 Å². The number of likely N-dealkylation sites (N-methyl/N-ethyl adjacent to an activating group) is 1. The lowest BCUT2D eigenvalue weighted by Crippen LogP contribution is -2.53. The molecule has 0 aromatic heterocycles. The number of piperidine rings is 1. The van der Waals surface area contributed by atoms with Crippen LogP contribution in [-0.2, 0) is 4.79 Å². The molecular weight excluding hydrogens is 348 g/mol. The quantitative estimate of drug-likeness (QED) is 0.857. The van der Waals surface area contributed by atoms with Crippen molar-refractivity contribution in [2.24, 2.45) is 5.41 Å². The SMILES string of the molecule is CN1CC2(CCNCC2)C[C@@H]1C(=O)N1CCN(c2ccccc2Cl)CC1. The minimum Gasteiger partial charge on any atom is -0.367 e. The molecule has 3 saturated heterocycles. The number of piperazine rings is 1. The Hall–Kier alpha value is -1.30. The van der Waals surface area contributed by atoms with Gasteiger partial charge in [-0.2, -0.15) is 0 Å². The summed E-state index contributed by atoms with van der Waals surface area (Å²) >= 11 is 6.33. The summed E-state index contributed by atoms with van der Waals surface area (Å²) in [5, 5.41) is 4.24. The number of benzene rings is 1. The van der Waals surface area contributed by atoms with Crippen LogP contribution in [0.1, 0.15) is 19.3 Å². The van der Waals surface area contributed by atoms with Gasteiger partial charge >= 0.3 is 0 Å². The summed E-state index contributed by atoms with van der Waals surface area (Å²) in [4.78, 5) is 19.8. The molecule has 1 aromatic carbocycles. The molecular formula is C20H29ClN4O. The van der Waals surface area contributed by atoms with E-state index in [0.29, 0.717) is 11.3 Å². The second-order valence-electron chi connectivity index (χ2n) is 8.15. The largest absolute Gasteiger partial charge is 0.367 e. The molecule has 26 heavy (non-hydrogen) atoms. The molecule has 3 heterocycles. The molecule has 3 fully saturated rings. The zero-order chi connectivity index (χ0) is 18.1. The highest BCUT2D eigenvalue weighted by molar-refractivity contribution is 6.33. The molecule has 0 aliphatic carbocycles. The summed E-state index contributed by atoms with van der Waals surface area (Å²) in [6.07, 6.45) is 3.41. The molecule has 5 nitrogen and oxygen atoms in total. The van der Waals surface area contributed by atoms with Crippen molar-refractivity contribution in [1.82, 2.24) is 15.1 Å². The van der Waals surface area contributed by atoms with Crippen LogP contribution in [-0.4, -0.2) is 74.6 Å². The van der Waals surface area contributed by atoms with Gasteiger partial charge in [-0.25, -0.2) is 0 Å². The van der Waals surface area contributed by atoms with Gasteiger partial charge in [0.2, 0.25) is 5.91 Å². The molecule has 6 heteroatoms. The van der Waals surface area contributed by atoms with Crippen molar-refractivity contribution in [1.29, 1.82) is 0 Å². The van der Waals surface area contributed by atoms with Crippen LogP contribution in [0.3, 0.4) is 0 Å². The molecule has 0 radical (unpaired) electrons.